The molecule has 5 heteroatoms. The summed E-state index contributed by atoms with van der Waals surface area (Å²) >= 11 is 0. The summed E-state index contributed by atoms with van der Waals surface area (Å²) in [4.78, 5) is 0. The van der Waals surface area contributed by atoms with Crippen LogP contribution in [0.4, 0.5) is 13.2 Å². The highest BCUT2D eigenvalue weighted by Crippen LogP contribution is 2.09. The number of halogens is 3. The maximum atomic E-state index is 11.0. The van der Waals surface area contributed by atoms with Gasteiger partial charge in [0.2, 0.25) is 0 Å². The van der Waals surface area contributed by atoms with Gasteiger partial charge in [-0.05, 0) is 6.92 Å². The normalized spacial score (nSPS) is 16.1. The molecule has 0 saturated carbocycles. The molecule has 0 rings (SSSR count). The largest absolute Gasteiger partial charge is 0.459 e. The number of nitrogens with one attached hydrogen (secondary N) is 1. The molecule has 0 aromatic carbocycles. The van der Waals surface area contributed by atoms with Crippen LogP contribution in [0, 0.1) is 0 Å². The highest BCUT2D eigenvalue weighted by molar-refractivity contribution is 4.46. The SMILES string of the molecule is CC(O)NC(F)(F)F. The number of hydrogen-bond acceptors (Lipinski definition) is 2. The van der Waals surface area contributed by atoms with Gasteiger partial charge in [0.05, 0.1) is 0 Å². The molecule has 0 aromatic heterocycles. The first kappa shape index (κ1) is 7.71. The number of aliphatic hydroxyl groups excluding tert-OH is 1. The second-order valence-electron chi connectivity index (χ2n) is 1.32. The van der Waals surface area contributed by atoms with E-state index in [1.54, 1.807) is 0 Å². The Bertz CT molecular complexity index is 69.4. The monoisotopic (exact) mass is 129 g/mol. The minimum atomic E-state index is -4.48. The molecule has 0 bridgehead atoms. The van der Waals surface area contributed by atoms with E-state index >= 15 is 0 Å². The van der Waals surface area contributed by atoms with Crippen molar-refractivity contribution in [2.75, 3.05) is 0 Å². The van der Waals surface area contributed by atoms with Gasteiger partial charge in [-0.15, -0.1) is 0 Å². The molecule has 0 amide bonds. The second-order valence-corrected chi connectivity index (χ2v) is 1.32. The van der Waals surface area contributed by atoms with E-state index in [-0.39, 0.29) is 0 Å². The molecule has 1 atom stereocenters. The van der Waals surface area contributed by atoms with Crippen molar-refractivity contribution in [3.63, 3.8) is 0 Å². The van der Waals surface area contributed by atoms with E-state index in [1.165, 1.54) is 0 Å². The minimum absolute atomic E-state index is 0.937. The zero-order valence-electron chi connectivity index (χ0n) is 4.16. The molecule has 0 aromatic rings. The molecule has 0 fully saturated rings. The average Bonchev–Trinajstić information content (AvgIpc) is 1.21. The van der Waals surface area contributed by atoms with Crippen LogP contribution in [0.5, 0.6) is 0 Å². The molecule has 0 radical (unpaired) electrons. The zero-order valence-corrected chi connectivity index (χ0v) is 4.16. The summed E-state index contributed by atoms with van der Waals surface area (Å²) in [6, 6.07) is 0. The predicted molar refractivity (Wildman–Crippen MR) is 20.9 cm³/mol. The van der Waals surface area contributed by atoms with Gasteiger partial charge in [-0.2, -0.15) is 13.2 Å². The molecule has 1 unspecified atom stereocenters. The van der Waals surface area contributed by atoms with Gasteiger partial charge in [0.15, 0.2) is 0 Å². The van der Waals surface area contributed by atoms with Crippen molar-refractivity contribution in [3.05, 3.63) is 0 Å². The van der Waals surface area contributed by atoms with Gasteiger partial charge in [-0.3, -0.25) is 0 Å². The van der Waals surface area contributed by atoms with Crippen molar-refractivity contribution < 1.29 is 18.3 Å². The first-order valence-electron chi connectivity index (χ1n) is 1.94. The molecular weight excluding hydrogens is 123 g/mol. The Morgan fingerprint density at radius 3 is 1.88 bits per heavy atom. The Morgan fingerprint density at radius 1 is 1.50 bits per heavy atom. The zero-order chi connectivity index (χ0) is 6.78. The fourth-order valence-corrected chi connectivity index (χ4v) is 0.237. The topological polar surface area (TPSA) is 32.3 Å². The lowest BCUT2D eigenvalue weighted by molar-refractivity contribution is -0.179. The van der Waals surface area contributed by atoms with Crippen LogP contribution in [0.25, 0.3) is 0 Å². The number of rotatable bonds is 1. The Hall–Kier alpha value is -0.290. The Morgan fingerprint density at radius 2 is 1.88 bits per heavy atom. The first-order valence-corrected chi connectivity index (χ1v) is 1.94. The van der Waals surface area contributed by atoms with Gasteiger partial charge in [0.25, 0.3) is 0 Å². The summed E-state index contributed by atoms with van der Waals surface area (Å²) < 4.78 is 33.1. The molecular formula is C3H6F3NO. The van der Waals surface area contributed by atoms with E-state index in [2.05, 4.69) is 0 Å². The van der Waals surface area contributed by atoms with Crippen molar-refractivity contribution in [2.45, 2.75) is 19.5 Å². The van der Waals surface area contributed by atoms with Crippen LogP contribution in [-0.2, 0) is 0 Å². The van der Waals surface area contributed by atoms with E-state index in [0.29, 0.717) is 0 Å². The van der Waals surface area contributed by atoms with E-state index in [9.17, 15) is 13.2 Å². The number of alkyl halides is 3. The van der Waals surface area contributed by atoms with E-state index < -0.39 is 12.5 Å². The molecule has 0 spiro atoms. The fraction of sp³-hybridized carbons (Fsp3) is 1.00. The van der Waals surface area contributed by atoms with Crippen LogP contribution < -0.4 is 5.32 Å². The van der Waals surface area contributed by atoms with E-state index in [4.69, 9.17) is 5.11 Å². The molecule has 0 saturated heterocycles. The third-order valence-electron chi connectivity index (χ3n) is 0.373. The summed E-state index contributed by atoms with van der Waals surface area (Å²) in [5.41, 5.74) is 0. The third-order valence-corrected chi connectivity index (χ3v) is 0.373. The molecule has 50 valence electrons. The van der Waals surface area contributed by atoms with Crippen molar-refractivity contribution in [1.82, 2.24) is 5.32 Å². The summed E-state index contributed by atoms with van der Waals surface area (Å²) in [5.74, 6) is 0. The average molecular weight is 129 g/mol. The highest BCUT2D eigenvalue weighted by atomic mass is 19.4. The number of hydrogen-bond donors (Lipinski definition) is 2. The minimum Gasteiger partial charge on any atom is -0.379 e. The van der Waals surface area contributed by atoms with Crippen molar-refractivity contribution in [1.29, 1.82) is 0 Å². The lowest BCUT2D eigenvalue weighted by atomic mass is 10.7. The molecule has 0 aliphatic rings. The number of aliphatic hydroxyl groups is 1. The maximum Gasteiger partial charge on any atom is 0.459 e. The van der Waals surface area contributed by atoms with Gasteiger partial charge in [0, 0.05) is 0 Å². The smallest absolute Gasteiger partial charge is 0.379 e. The molecule has 2 nitrogen and oxygen atoms in total. The molecule has 0 aliphatic heterocycles. The molecule has 2 N–H and O–H groups in total. The van der Waals surface area contributed by atoms with Gasteiger partial charge >= 0.3 is 6.30 Å². The van der Waals surface area contributed by atoms with Gasteiger partial charge in [0.1, 0.15) is 6.23 Å². The molecule has 0 heterocycles. The van der Waals surface area contributed by atoms with E-state index in [1.807, 2.05) is 0 Å². The standard InChI is InChI=1S/C3H6F3NO/c1-2(8)7-3(4,5)6/h2,7-8H,1H3. The van der Waals surface area contributed by atoms with Crippen molar-refractivity contribution in [2.24, 2.45) is 0 Å². The van der Waals surface area contributed by atoms with Crippen LogP contribution >= 0.6 is 0 Å². The highest BCUT2D eigenvalue weighted by Gasteiger charge is 2.27. The summed E-state index contributed by atoms with van der Waals surface area (Å²) in [7, 11) is 0. The Kier molecular flexibility index (Phi) is 2.24. The Labute approximate surface area is 44.3 Å². The van der Waals surface area contributed by atoms with Crippen LogP contribution in [0.15, 0.2) is 0 Å². The maximum absolute atomic E-state index is 11.0. The first-order chi connectivity index (χ1) is 3.42. The van der Waals surface area contributed by atoms with Crippen LogP contribution in [0.3, 0.4) is 0 Å². The van der Waals surface area contributed by atoms with Crippen LogP contribution in [0.1, 0.15) is 6.92 Å². The van der Waals surface area contributed by atoms with E-state index in [0.717, 1.165) is 12.2 Å². The fourth-order valence-electron chi connectivity index (χ4n) is 0.237. The second kappa shape index (κ2) is 2.32. The van der Waals surface area contributed by atoms with Gasteiger partial charge in [-0.25, -0.2) is 5.32 Å². The van der Waals surface area contributed by atoms with Crippen LogP contribution in [-0.4, -0.2) is 17.6 Å². The quantitative estimate of drug-likeness (QED) is 0.397. The molecule has 8 heavy (non-hydrogen) atoms. The Balaban J connectivity index is 3.39. The lowest BCUT2D eigenvalue weighted by Gasteiger charge is -2.09. The van der Waals surface area contributed by atoms with Crippen LogP contribution in [0.2, 0.25) is 0 Å². The van der Waals surface area contributed by atoms with Gasteiger partial charge < -0.3 is 5.11 Å². The third kappa shape index (κ3) is 5.71. The lowest BCUT2D eigenvalue weighted by Crippen LogP contribution is -2.38. The van der Waals surface area contributed by atoms with Gasteiger partial charge in [-0.1, -0.05) is 0 Å². The summed E-state index contributed by atoms with van der Waals surface area (Å²) in [6.07, 6.45) is -6.01. The van der Waals surface area contributed by atoms with Crippen molar-refractivity contribution >= 4 is 0 Å². The summed E-state index contributed by atoms with van der Waals surface area (Å²) in [5, 5.41) is 8.99. The predicted octanol–water partition coefficient (Wildman–Crippen LogP) is 0.434. The molecule has 0 aliphatic carbocycles. The van der Waals surface area contributed by atoms with Crippen molar-refractivity contribution in [3.8, 4) is 0 Å². The summed E-state index contributed by atoms with van der Waals surface area (Å²) in [6.45, 7) is 0.994.